The summed E-state index contributed by atoms with van der Waals surface area (Å²) >= 11 is 3.22. The van der Waals surface area contributed by atoms with Crippen molar-refractivity contribution in [3.8, 4) is 6.07 Å². The van der Waals surface area contributed by atoms with E-state index in [1.165, 1.54) is 6.07 Å². The van der Waals surface area contributed by atoms with E-state index >= 15 is 0 Å². The number of anilines is 1. The normalized spacial score (nSPS) is 23.4. The van der Waals surface area contributed by atoms with E-state index < -0.39 is 5.82 Å². The number of nitrogens with one attached hydrogen (secondary N) is 1. The molecule has 0 spiro atoms. The second kappa shape index (κ2) is 5.68. The van der Waals surface area contributed by atoms with Gasteiger partial charge in [0.2, 0.25) is 0 Å². The zero-order valence-electron chi connectivity index (χ0n) is 9.79. The van der Waals surface area contributed by atoms with Gasteiger partial charge in [0.25, 0.3) is 0 Å². The van der Waals surface area contributed by atoms with Crippen molar-refractivity contribution in [2.45, 2.75) is 37.8 Å². The molecule has 1 saturated carbocycles. The van der Waals surface area contributed by atoms with Gasteiger partial charge in [-0.1, -0.05) is 15.9 Å². The lowest BCUT2D eigenvalue weighted by atomic mass is 9.93. The highest BCUT2D eigenvalue weighted by Crippen LogP contribution is 2.28. The van der Waals surface area contributed by atoms with E-state index in [0.717, 1.165) is 25.7 Å². The lowest BCUT2D eigenvalue weighted by molar-refractivity contribution is 0.126. The third-order valence-corrected chi connectivity index (χ3v) is 3.68. The van der Waals surface area contributed by atoms with Crippen LogP contribution in [0.15, 0.2) is 16.6 Å². The highest BCUT2D eigenvalue weighted by atomic mass is 79.9. The first kappa shape index (κ1) is 13.3. The molecule has 1 aromatic carbocycles. The van der Waals surface area contributed by atoms with Crippen LogP contribution < -0.4 is 5.32 Å². The average Bonchev–Trinajstić information content (AvgIpc) is 2.32. The molecule has 0 saturated heterocycles. The fraction of sp³-hybridized carbons (Fsp3) is 0.462. The van der Waals surface area contributed by atoms with Crippen LogP contribution in [0.3, 0.4) is 0 Å². The number of aliphatic hydroxyl groups is 1. The molecule has 5 heteroatoms. The lowest BCUT2D eigenvalue weighted by Gasteiger charge is -2.27. The lowest BCUT2D eigenvalue weighted by Crippen LogP contribution is -2.28. The summed E-state index contributed by atoms with van der Waals surface area (Å²) in [5, 5.41) is 21.6. The largest absolute Gasteiger partial charge is 0.393 e. The van der Waals surface area contributed by atoms with Crippen LogP contribution in [-0.2, 0) is 0 Å². The summed E-state index contributed by atoms with van der Waals surface area (Å²) in [5.41, 5.74) is 0.565. The highest BCUT2D eigenvalue weighted by Gasteiger charge is 2.20. The Morgan fingerprint density at radius 2 is 2.00 bits per heavy atom. The molecule has 1 fully saturated rings. The molecule has 1 aliphatic carbocycles. The number of hydrogen-bond acceptors (Lipinski definition) is 3. The summed E-state index contributed by atoms with van der Waals surface area (Å²) in [6.45, 7) is 0. The van der Waals surface area contributed by atoms with Gasteiger partial charge in [-0.3, -0.25) is 0 Å². The van der Waals surface area contributed by atoms with E-state index in [2.05, 4.69) is 21.2 Å². The molecule has 0 aliphatic heterocycles. The Balaban J connectivity index is 2.16. The molecular weight excluding hydrogens is 299 g/mol. The molecule has 3 nitrogen and oxygen atoms in total. The van der Waals surface area contributed by atoms with Crippen LogP contribution in [0.5, 0.6) is 0 Å². The zero-order chi connectivity index (χ0) is 13.1. The minimum atomic E-state index is -0.523. The Hall–Kier alpha value is -1.12. The van der Waals surface area contributed by atoms with Crippen LogP contribution in [0.1, 0.15) is 31.2 Å². The average molecular weight is 313 g/mol. The molecule has 0 atom stereocenters. The number of hydrogen-bond donors (Lipinski definition) is 2. The Kier molecular flexibility index (Phi) is 4.20. The van der Waals surface area contributed by atoms with Crippen LogP contribution >= 0.6 is 15.9 Å². The maximum absolute atomic E-state index is 13.6. The van der Waals surface area contributed by atoms with Crippen molar-refractivity contribution >= 4 is 21.6 Å². The van der Waals surface area contributed by atoms with E-state index in [4.69, 9.17) is 5.26 Å². The van der Waals surface area contributed by atoms with Crippen molar-refractivity contribution in [2.24, 2.45) is 0 Å². The summed E-state index contributed by atoms with van der Waals surface area (Å²) in [4.78, 5) is 0. The Morgan fingerprint density at radius 1 is 1.33 bits per heavy atom. The Labute approximate surface area is 114 Å². The van der Waals surface area contributed by atoms with E-state index in [1.807, 2.05) is 6.07 Å². The predicted octanol–water partition coefficient (Wildman–Crippen LogP) is 3.18. The van der Waals surface area contributed by atoms with Crippen molar-refractivity contribution in [1.29, 1.82) is 5.26 Å². The van der Waals surface area contributed by atoms with Gasteiger partial charge in [-0.25, -0.2) is 4.39 Å². The molecule has 0 unspecified atom stereocenters. The first-order chi connectivity index (χ1) is 8.60. The van der Waals surface area contributed by atoms with Crippen molar-refractivity contribution < 1.29 is 9.50 Å². The second-order valence-corrected chi connectivity index (χ2v) is 5.49. The number of aliphatic hydroxyl groups excluding tert-OH is 1. The maximum atomic E-state index is 13.6. The zero-order valence-corrected chi connectivity index (χ0v) is 11.4. The van der Waals surface area contributed by atoms with Gasteiger partial charge in [-0.15, -0.1) is 0 Å². The van der Waals surface area contributed by atoms with Crippen LogP contribution in [0.4, 0.5) is 10.1 Å². The van der Waals surface area contributed by atoms with E-state index in [-0.39, 0.29) is 17.7 Å². The van der Waals surface area contributed by atoms with Crippen LogP contribution in [0.2, 0.25) is 0 Å². The molecule has 18 heavy (non-hydrogen) atoms. The van der Waals surface area contributed by atoms with E-state index in [0.29, 0.717) is 10.2 Å². The Bertz CT molecular complexity index is 479. The molecule has 96 valence electrons. The standard InChI is InChI=1S/C13H14BrFN2O/c14-8-5-12(15)11(7-16)13(6-8)17-9-1-3-10(18)4-2-9/h5-6,9-10,17-18H,1-4H2/t9-,10-. The molecule has 0 amide bonds. The molecule has 0 heterocycles. The topological polar surface area (TPSA) is 56.0 Å². The van der Waals surface area contributed by atoms with Crippen LogP contribution in [-0.4, -0.2) is 17.3 Å². The van der Waals surface area contributed by atoms with Gasteiger partial charge in [-0.05, 0) is 37.8 Å². The molecular formula is C13H14BrFN2O. The van der Waals surface area contributed by atoms with Gasteiger partial charge in [0, 0.05) is 10.5 Å². The molecule has 1 aliphatic rings. The van der Waals surface area contributed by atoms with E-state index in [1.54, 1.807) is 6.07 Å². The quantitative estimate of drug-likeness (QED) is 0.882. The first-order valence-corrected chi connectivity index (χ1v) is 6.73. The molecule has 0 aromatic heterocycles. The molecule has 0 radical (unpaired) electrons. The maximum Gasteiger partial charge on any atom is 0.144 e. The van der Waals surface area contributed by atoms with Crippen molar-refractivity contribution in [2.75, 3.05) is 5.32 Å². The molecule has 0 bridgehead atoms. The van der Waals surface area contributed by atoms with Gasteiger partial charge in [0.05, 0.1) is 11.8 Å². The fourth-order valence-corrected chi connectivity index (χ4v) is 2.67. The summed E-state index contributed by atoms with van der Waals surface area (Å²) in [6.07, 6.45) is 2.93. The summed E-state index contributed by atoms with van der Waals surface area (Å²) < 4.78 is 14.2. The van der Waals surface area contributed by atoms with Crippen molar-refractivity contribution in [3.63, 3.8) is 0 Å². The highest BCUT2D eigenvalue weighted by molar-refractivity contribution is 9.10. The van der Waals surface area contributed by atoms with Crippen molar-refractivity contribution in [1.82, 2.24) is 0 Å². The van der Waals surface area contributed by atoms with Gasteiger partial charge in [-0.2, -0.15) is 5.26 Å². The minimum Gasteiger partial charge on any atom is -0.393 e. The van der Waals surface area contributed by atoms with Crippen LogP contribution in [0.25, 0.3) is 0 Å². The summed E-state index contributed by atoms with van der Waals surface area (Å²) in [5.74, 6) is -0.523. The van der Waals surface area contributed by atoms with E-state index in [9.17, 15) is 9.50 Å². The number of nitriles is 1. The summed E-state index contributed by atoms with van der Waals surface area (Å²) in [6, 6.07) is 5.07. The number of halogens is 2. The molecule has 2 rings (SSSR count). The monoisotopic (exact) mass is 312 g/mol. The van der Waals surface area contributed by atoms with Gasteiger partial charge >= 0.3 is 0 Å². The predicted molar refractivity (Wildman–Crippen MR) is 70.7 cm³/mol. The Morgan fingerprint density at radius 3 is 2.61 bits per heavy atom. The van der Waals surface area contributed by atoms with Crippen molar-refractivity contribution in [3.05, 3.63) is 28.0 Å². The number of rotatable bonds is 2. The molecule has 2 N–H and O–H groups in total. The number of benzene rings is 1. The first-order valence-electron chi connectivity index (χ1n) is 5.94. The fourth-order valence-electron chi connectivity index (χ4n) is 2.24. The minimum absolute atomic E-state index is 0.0457. The summed E-state index contributed by atoms with van der Waals surface area (Å²) in [7, 11) is 0. The third-order valence-electron chi connectivity index (χ3n) is 3.22. The van der Waals surface area contributed by atoms with Gasteiger partial charge in [0.1, 0.15) is 17.4 Å². The second-order valence-electron chi connectivity index (χ2n) is 4.57. The van der Waals surface area contributed by atoms with Gasteiger partial charge in [0.15, 0.2) is 0 Å². The molecule has 1 aromatic rings. The SMILES string of the molecule is N#Cc1c(F)cc(Br)cc1N[C@H]1CC[C@H](O)CC1. The smallest absolute Gasteiger partial charge is 0.144 e. The number of nitrogens with zero attached hydrogens (tertiary/aromatic N) is 1. The third kappa shape index (κ3) is 3.01. The van der Waals surface area contributed by atoms with Crippen LogP contribution in [0, 0.1) is 17.1 Å². The van der Waals surface area contributed by atoms with Gasteiger partial charge < -0.3 is 10.4 Å².